The summed E-state index contributed by atoms with van der Waals surface area (Å²) in [7, 11) is 0. The third kappa shape index (κ3) is 8.88. The Kier molecular flexibility index (Phi) is 15.2. The van der Waals surface area contributed by atoms with Gasteiger partial charge in [0.25, 0.3) is 0 Å². The van der Waals surface area contributed by atoms with E-state index in [-0.39, 0.29) is 28.4 Å². The maximum Gasteiger partial charge on any atom is 0.187 e. The van der Waals surface area contributed by atoms with Crippen molar-refractivity contribution in [1.29, 1.82) is 0 Å². The van der Waals surface area contributed by atoms with Gasteiger partial charge in [-0.25, -0.2) is 0 Å². The monoisotopic (exact) mass is 948 g/mol. The molecule has 8 rings (SSSR count). The molecule has 21 nitrogen and oxygen atoms in total. The summed E-state index contributed by atoms with van der Waals surface area (Å²) in [5.41, 5.74) is 0.753. The molecule has 0 spiro atoms. The smallest absolute Gasteiger partial charge is 0.187 e. The maximum absolute atomic E-state index is 12.7. The summed E-state index contributed by atoms with van der Waals surface area (Å²) in [6.07, 6.45) is -25.9. The number of hydrogen-bond acceptors (Lipinski definition) is 21. The van der Waals surface area contributed by atoms with Gasteiger partial charge >= 0.3 is 0 Å². The number of ether oxygens (including phenoxy) is 8. The fourth-order valence-electron chi connectivity index (χ4n) is 13.2. The Bertz CT molecular complexity index is 1720. The predicted octanol–water partition coefficient (Wildman–Crippen LogP) is -3.16. The number of carbonyl (C=O) groups excluding carboxylic acids is 1. The first-order valence-electron chi connectivity index (χ1n) is 23.6. The van der Waals surface area contributed by atoms with Crippen molar-refractivity contribution in [3.8, 4) is 0 Å². The first-order chi connectivity index (χ1) is 31.1. The van der Waals surface area contributed by atoms with Crippen LogP contribution in [0, 0.1) is 34.5 Å². The van der Waals surface area contributed by atoms with Gasteiger partial charge in [-0.1, -0.05) is 25.5 Å². The van der Waals surface area contributed by atoms with Crippen molar-refractivity contribution in [2.24, 2.45) is 34.5 Å². The van der Waals surface area contributed by atoms with Crippen molar-refractivity contribution in [3.63, 3.8) is 0 Å². The molecule has 378 valence electrons. The Morgan fingerprint density at radius 3 is 1.70 bits per heavy atom. The lowest BCUT2D eigenvalue weighted by atomic mass is 9.47. The van der Waals surface area contributed by atoms with Crippen LogP contribution >= 0.6 is 0 Å². The standard InChI is InChI=1S/C45H72O21/c1-16(48)27-24(49)13-23-21-7-6-19-12-20(8-10-44(19,4)22(21)9-11-45(23,27)5)61-43-39(66-41-34(56)31(53)29(51)18(3)60-41)36(58)38(26(15-47)63-43)65-42-35(57)32(54)37(25(14-46)62-42)64-40-33(55)30(52)28(50)17(2)59-40/h6,17-18,20-43,46-47,49-58H,7-15H2,1-5H3/t17-,18-,20-,21+,22-,23-,24-,25+,26+,27-,28-,29-,30+,31+,32+,33+,34+,35+,36-,37+,38+,39+,40-,41-,42-,43+,44-,45-/m0/s1. The van der Waals surface area contributed by atoms with Crippen LogP contribution in [0.3, 0.4) is 0 Å². The summed E-state index contributed by atoms with van der Waals surface area (Å²) in [6.45, 7) is 7.28. The van der Waals surface area contributed by atoms with E-state index in [2.05, 4.69) is 19.9 Å². The number of aliphatic hydroxyl groups is 12. The molecular formula is C45H72O21. The number of carbonyl (C=O) groups is 1. The van der Waals surface area contributed by atoms with Gasteiger partial charge in [0, 0.05) is 5.92 Å². The molecule has 21 heteroatoms. The minimum Gasteiger partial charge on any atom is -0.394 e. The molecule has 0 bridgehead atoms. The number of ketones is 1. The molecular weight excluding hydrogens is 876 g/mol. The molecule has 4 aliphatic carbocycles. The molecule has 4 aliphatic heterocycles. The van der Waals surface area contributed by atoms with Crippen LogP contribution in [-0.4, -0.2) is 215 Å². The third-order valence-corrected chi connectivity index (χ3v) is 17.0. The number of allylic oxidation sites excluding steroid dienone is 1. The van der Waals surface area contributed by atoms with Crippen LogP contribution in [0.15, 0.2) is 11.6 Å². The van der Waals surface area contributed by atoms with Gasteiger partial charge in [-0.3, -0.25) is 4.79 Å². The second-order valence-corrected chi connectivity index (χ2v) is 20.8. The van der Waals surface area contributed by atoms with Crippen LogP contribution in [0.25, 0.3) is 0 Å². The molecule has 3 saturated carbocycles. The highest BCUT2D eigenvalue weighted by Crippen LogP contribution is 2.66. The quantitative estimate of drug-likeness (QED) is 0.0910. The van der Waals surface area contributed by atoms with Gasteiger partial charge in [-0.2, -0.15) is 0 Å². The van der Waals surface area contributed by atoms with E-state index in [1.165, 1.54) is 19.4 Å². The molecule has 0 unspecified atom stereocenters. The Morgan fingerprint density at radius 2 is 1.14 bits per heavy atom. The molecule has 0 aromatic carbocycles. The van der Waals surface area contributed by atoms with Gasteiger partial charge < -0.3 is 99.2 Å². The zero-order valence-electron chi connectivity index (χ0n) is 38.0. The average Bonchev–Trinajstić information content (AvgIpc) is 3.57. The van der Waals surface area contributed by atoms with Crippen LogP contribution in [0.5, 0.6) is 0 Å². The molecule has 66 heavy (non-hydrogen) atoms. The minimum absolute atomic E-state index is 0.0368. The number of fused-ring (bicyclic) bond motifs is 5. The number of Topliss-reactive ketones (excluding diaryl/α,β-unsaturated/α-hetero) is 1. The van der Waals surface area contributed by atoms with Crippen LogP contribution in [0.2, 0.25) is 0 Å². The molecule has 0 radical (unpaired) electrons. The zero-order chi connectivity index (χ0) is 47.9. The maximum atomic E-state index is 12.7. The van der Waals surface area contributed by atoms with Crippen molar-refractivity contribution in [2.45, 2.75) is 215 Å². The van der Waals surface area contributed by atoms with Crippen LogP contribution in [0.1, 0.15) is 79.6 Å². The molecule has 8 aliphatic rings. The molecule has 0 aromatic rings. The van der Waals surface area contributed by atoms with Crippen molar-refractivity contribution in [2.75, 3.05) is 13.2 Å². The van der Waals surface area contributed by atoms with E-state index in [1.54, 1.807) is 6.92 Å². The minimum atomic E-state index is -1.97. The SMILES string of the molecule is CC(=O)[C@H]1[C@@H](O)C[C@H]2[C@@H]3CC=C4C[C@@H](O[C@@H]5O[C@H](CO)[C@@H](O[C@@H]6O[C@H](CO)[C@@H](O[C@@H]7O[C@@H](C)[C@H](O)[C@@H](O)[C@H]7O)[C@H](O)[C@H]6O)[C@H](O)[C@H]5O[C@@H]5O[C@@H](C)[C@H](O)[C@@H](O)[C@H]5O)CC[C@]4(C)[C@H]3CC[C@@]21C. The lowest BCUT2D eigenvalue weighted by Gasteiger charge is -2.58. The van der Waals surface area contributed by atoms with Gasteiger partial charge in [0.15, 0.2) is 25.2 Å². The van der Waals surface area contributed by atoms with Crippen molar-refractivity contribution < 1.29 is 104 Å². The summed E-state index contributed by atoms with van der Waals surface area (Å²) in [5.74, 6) is 0.494. The topological polar surface area (TPSA) is 334 Å². The summed E-state index contributed by atoms with van der Waals surface area (Å²) in [4.78, 5) is 12.7. The Hall–Kier alpha value is -1.39. The summed E-state index contributed by atoms with van der Waals surface area (Å²) in [6, 6.07) is 0. The second-order valence-electron chi connectivity index (χ2n) is 20.8. The van der Waals surface area contributed by atoms with Crippen LogP contribution in [0.4, 0.5) is 0 Å². The molecule has 12 N–H and O–H groups in total. The highest BCUT2D eigenvalue weighted by Gasteiger charge is 2.63. The first-order valence-corrected chi connectivity index (χ1v) is 23.6. The zero-order valence-corrected chi connectivity index (χ0v) is 38.0. The first kappa shape index (κ1) is 51.0. The van der Waals surface area contributed by atoms with Crippen molar-refractivity contribution >= 4 is 5.78 Å². The lowest BCUT2D eigenvalue weighted by molar-refractivity contribution is -0.395. The Balaban J connectivity index is 0.996. The van der Waals surface area contributed by atoms with E-state index in [4.69, 9.17) is 37.9 Å². The molecule has 28 atom stereocenters. The Morgan fingerprint density at radius 1 is 0.621 bits per heavy atom. The van der Waals surface area contributed by atoms with Crippen molar-refractivity contribution in [1.82, 2.24) is 0 Å². The number of hydrogen-bond donors (Lipinski definition) is 12. The van der Waals surface area contributed by atoms with E-state index in [1.807, 2.05) is 0 Å². The summed E-state index contributed by atoms with van der Waals surface area (Å²) in [5, 5.41) is 130. The van der Waals surface area contributed by atoms with E-state index >= 15 is 0 Å². The largest absolute Gasteiger partial charge is 0.394 e. The normalized spacial score (nSPS) is 55.3. The molecule has 7 fully saturated rings. The average molecular weight is 949 g/mol. The number of rotatable bonds is 11. The van der Waals surface area contributed by atoms with Gasteiger partial charge in [0.2, 0.25) is 0 Å². The van der Waals surface area contributed by atoms with Crippen molar-refractivity contribution in [3.05, 3.63) is 11.6 Å². The molecule has 4 saturated heterocycles. The third-order valence-electron chi connectivity index (χ3n) is 17.0. The Labute approximate surface area is 383 Å². The van der Waals surface area contributed by atoms with E-state index in [9.17, 15) is 66.1 Å². The highest BCUT2D eigenvalue weighted by atomic mass is 16.8. The second kappa shape index (κ2) is 19.7. The molecule has 0 amide bonds. The van der Waals surface area contributed by atoms with Crippen LogP contribution in [-0.2, 0) is 42.7 Å². The van der Waals surface area contributed by atoms with Gasteiger partial charge in [-0.05, 0) is 94.3 Å². The lowest BCUT2D eigenvalue weighted by Crippen LogP contribution is -2.67. The van der Waals surface area contributed by atoms with Crippen LogP contribution < -0.4 is 0 Å². The fourth-order valence-corrected chi connectivity index (χ4v) is 13.2. The van der Waals surface area contributed by atoms with E-state index in [0.717, 1.165) is 25.7 Å². The van der Waals surface area contributed by atoms with Gasteiger partial charge in [0.05, 0.1) is 37.6 Å². The fraction of sp³-hybridized carbons (Fsp3) is 0.933. The predicted molar refractivity (Wildman–Crippen MR) is 221 cm³/mol. The van der Waals surface area contributed by atoms with E-state index < -0.39 is 148 Å². The number of aliphatic hydroxyl groups excluding tert-OH is 12. The van der Waals surface area contributed by atoms with Gasteiger partial charge in [-0.15, -0.1) is 0 Å². The summed E-state index contributed by atoms with van der Waals surface area (Å²) >= 11 is 0. The highest BCUT2D eigenvalue weighted by molar-refractivity contribution is 5.80. The molecule has 0 aromatic heterocycles. The van der Waals surface area contributed by atoms with E-state index in [0.29, 0.717) is 31.1 Å². The summed E-state index contributed by atoms with van der Waals surface area (Å²) < 4.78 is 47.9. The molecule has 4 heterocycles. The van der Waals surface area contributed by atoms with Gasteiger partial charge in [0.1, 0.15) is 91.2 Å².